The van der Waals surface area contributed by atoms with Crippen LogP contribution in [-0.4, -0.2) is 31.2 Å². The summed E-state index contributed by atoms with van der Waals surface area (Å²) in [5.41, 5.74) is 0.751. The van der Waals surface area contributed by atoms with Crippen molar-refractivity contribution in [2.75, 3.05) is 13.2 Å². The van der Waals surface area contributed by atoms with Crippen molar-refractivity contribution < 1.29 is 17.9 Å². The third-order valence-electron chi connectivity index (χ3n) is 3.81. The van der Waals surface area contributed by atoms with Crippen LogP contribution in [0.1, 0.15) is 45.2 Å². The number of hydrogen-bond acceptors (Lipinski definition) is 5. The van der Waals surface area contributed by atoms with Crippen LogP contribution in [0.15, 0.2) is 29.6 Å². The van der Waals surface area contributed by atoms with Crippen molar-refractivity contribution in [3.05, 3.63) is 35.2 Å². The first-order valence-corrected chi connectivity index (χ1v) is 10.7. The molecular weight excluding hydrogens is 390 g/mol. The smallest absolute Gasteiger partial charge is 0.261 e. The molecule has 1 aromatic carbocycles. The Morgan fingerprint density at radius 3 is 2.37 bits per heavy atom. The van der Waals surface area contributed by atoms with E-state index in [0.29, 0.717) is 24.7 Å². The number of sulfonamides is 1. The molecule has 7 nitrogen and oxygen atoms in total. The molecule has 0 saturated carbocycles. The van der Waals surface area contributed by atoms with Crippen molar-refractivity contribution in [2.24, 2.45) is 7.05 Å². The molecule has 1 N–H and O–H groups in total. The van der Waals surface area contributed by atoms with Crippen molar-refractivity contribution in [2.45, 2.75) is 44.7 Å². The first-order valence-electron chi connectivity index (χ1n) is 8.88. The van der Waals surface area contributed by atoms with Gasteiger partial charge in [-0.1, -0.05) is 31.5 Å². The Kier molecular flexibility index (Phi) is 7.52. The van der Waals surface area contributed by atoms with Crippen LogP contribution >= 0.6 is 11.6 Å². The number of aryl methyl sites for hydroxylation is 1. The highest BCUT2D eigenvalue weighted by Crippen LogP contribution is 2.31. The number of rotatable bonds is 10. The Balaban J connectivity index is 2.24. The van der Waals surface area contributed by atoms with Crippen molar-refractivity contribution >= 4 is 21.6 Å². The van der Waals surface area contributed by atoms with E-state index < -0.39 is 16.1 Å². The zero-order chi connectivity index (χ0) is 20.0. The van der Waals surface area contributed by atoms with E-state index in [1.165, 1.54) is 10.9 Å². The molecule has 2 aromatic rings. The fourth-order valence-electron chi connectivity index (χ4n) is 2.38. The second-order valence-corrected chi connectivity index (χ2v) is 8.18. The number of nitrogens with one attached hydrogen (secondary N) is 1. The monoisotopic (exact) mass is 415 g/mol. The maximum atomic E-state index is 12.6. The highest BCUT2D eigenvalue weighted by molar-refractivity contribution is 7.89. The van der Waals surface area contributed by atoms with Gasteiger partial charge in [-0.05, 0) is 37.5 Å². The van der Waals surface area contributed by atoms with Crippen molar-refractivity contribution in [1.82, 2.24) is 14.3 Å². The van der Waals surface area contributed by atoms with Gasteiger partial charge in [0, 0.05) is 13.1 Å². The molecule has 1 atom stereocenters. The summed E-state index contributed by atoms with van der Waals surface area (Å²) in [6, 6.07) is 4.91. The van der Waals surface area contributed by atoms with Gasteiger partial charge in [-0.2, -0.15) is 0 Å². The van der Waals surface area contributed by atoms with Crippen molar-refractivity contribution in [3.8, 4) is 11.5 Å². The molecule has 150 valence electrons. The lowest BCUT2D eigenvalue weighted by Gasteiger charge is -2.17. The summed E-state index contributed by atoms with van der Waals surface area (Å²) in [4.78, 5) is 3.88. The number of halogens is 1. The van der Waals surface area contributed by atoms with E-state index in [0.717, 1.165) is 18.4 Å². The molecule has 1 aromatic heterocycles. The van der Waals surface area contributed by atoms with E-state index >= 15 is 0 Å². The van der Waals surface area contributed by atoms with Gasteiger partial charge >= 0.3 is 0 Å². The summed E-state index contributed by atoms with van der Waals surface area (Å²) in [6.07, 6.45) is 3.10. The number of benzene rings is 1. The van der Waals surface area contributed by atoms with Gasteiger partial charge in [0.15, 0.2) is 11.5 Å². The fraction of sp³-hybridized carbons (Fsp3) is 0.500. The van der Waals surface area contributed by atoms with Gasteiger partial charge in [-0.25, -0.2) is 18.1 Å². The highest BCUT2D eigenvalue weighted by Gasteiger charge is 2.25. The maximum Gasteiger partial charge on any atom is 0.261 e. The van der Waals surface area contributed by atoms with Gasteiger partial charge in [0.2, 0.25) is 5.03 Å². The molecule has 0 aliphatic rings. The van der Waals surface area contributed by atoms with Gasteiger partial charge in [0.1, 0.15) is 5.15 Å². The number of imidazole rings is 1. The van der Waals surface area contributed by atoms with E-state index in [1.54, 1.807) is 26.1 Å². The van der Waals surface area contributed by atoms with Crippen LogP contribution in [0.2, 0.25) is 5.15 Å². The van der Waals surface area contributed by atoms with Crippen LogP contribution in [0.5, 0.6) is 11.5 Å². The summed E-state index contributed by atoms with van der Waals surface area (Å²) in [6.45, 7) is 6.93. The zero-order valence-corrected chi connectivity index (χ0v) is 17.6. The third-order valence-corrected chi connectivity index (χ3v) is 5.84. The molecule has 0 aliphatic heterocycles. The number of hydrogen-bond donors (Lipinski definition) is 1. The van der Waals surface area contributed by atoms with Crippen molar-refractivity contribution in [1.29, 1.82) is 0 Å². The average Bonchev–Trinajstić information content (AvgIpc) is 2.97. The van der Waals surface area contributed by atoms with Crippen LogP contribution in [0, 0.1) is 0 Å². The molecule has 0 spiro atoms. The SMILES string of the molecule is CCCOc1ccc(C(C)NS(=O)(=O)c2ncn(C)c2Cl)cc1OCCC. The second-order valence-electron chi connectivity index (χ2n) is 6.20. The Hall–Kier alpha value is -1.77. The van der Waals surface area contributed by atoms with Gasteiger partial charge < -0.3 is 14.0 Å². The number of aromatic nitrogens is 2. The summed E-state index contributed by atoms with van der Waals surface area (Å²) in [7, 11) is -2.23. The lowest BCUT2D eigenvalue weighted by Crippen LogP contribution is -2.27. The average molecular weight is 416 g/mol. The Morgan fingerprint density at radius 1 is 1.19 bits per heavy atom. The first-order chi connectivity index (χ1) is 12.8. The van der Waals surface area contributed by atoms with E-state index in [-0.39, 0.29) is 10.2 Å². The first kappa shape index (κ1) is 21.5. The van der Waals surface area contributed by atoms with Gasteiger partial charge in [0.25, 0.3) is 10.0 Å². The summed E-state index contributed by atoms with van der Waals surface area (Å²) < 4.78 is 40.7. The second kappa shape index (κ2) is 9.43. The molecule has 0 bridgehead atoms. The minimum atomic E-state index is -3.86. The summed E-state index contributed by atoms with van der Waals surface area (Å²) >= 11 is 6.02. The van der Waals surface area contributed by atoms with Crippen LogP contribution in [-0.2, 0) is 17.1 Å². The minimum absolute atomic E-state index is 0.0602. The van der Waals surface area contributed by atoms with Crippen LogP contribution in [0.3, 0.4) is 0 Å². The van der Waals surface area contributed by atoms with Crippen LogP contribution < -0.4 is 14.2 Å². The van der Waals surface area contributed by atoms with E-state index in [4.69, 9.17) is 21.1 Å². The standard InChI is InChI=1S/C18H26ClN3O4S/c1-5-9-25-15-8-7-14(11-16(15)26-10-6-2)13(3)21-27(23,24)18-17(19)22(4)12-20-18/h7-8,11-13,21H,5-6,9-10H2,1-4H3. The summed E-state index contributed by atoms with van der Waals surface area (Å²) in [5.74, 6) is 1.25. The lowest BCUT2D eigenvalue weighted by molar-refractivity contribution is 0.268. The number of nitrogens with zero attached hydrogens (tertiary/aromatic N) is 2. The predicted octanol–water partition coefficient (Wildman–Crippen LogP) is 3.69. The minimum Gasteiger partial charge on any atom is -0.490 e. The molecule has 0 aliphatic carbocycles. The summed E-state index contributed by atoms with van der Waals surface area (Å²) in [5, 5.41) is -0.131. The lowest BCUT2D eigenvalue weighted by atomic mass is 10.1. The molecule has 0 radical (unpaired) electrons. The number of ether oxygens (including phenoxy) is 2. The Morgan fingerprint density at radius 2 is 1.81 bits per heavy atom. The highest BCUT2D eigenvalue weighted by atomic mass is 35.5. The van der Waals surface area contributed by atoms with Gasteiger partial charge in [0.05, 0.1) is 19.5 Å². The van der Waals surface area contributed by atoms with E-state index in [2.05, 4.69) is 9.71 Å². The van der Waals surface area contributed by atoms with Crippen LogP contribution in [0.4, 0.5) is 0 Å². The molecule has 1 heterocycles. The van der Waals surface area contributed by atoms with Crippen molar-refractivity contribution in [3.63, 3.8) is 0 Å². The molecule has 0 amide bonds. The molecule has 0 fully saturated rings. The molecule has 1 unspecified atom stereocenters. The quantitative estimate of drug-likeness (QED) is 0.639. The third kappa shape index (κ3) is 5.37. The molecular formula is C18H26ClN3O4S. The van der Waals surface area contributed by atoms with E-state index in [1.807, 2.05) is 19.9 Å². The predicted molar refractivity (Wildman–Crippen MR) is 105 cm³/mol. The zero-order valence-electron chi connectivity index (χ0n) is 16.0. The topological polar surface area (TPSA) is 82.5 Å². The molecule has 0 saturated heterocycles. The van der Waals surface area contributed by atoms with E-state index in [9.17, 15) is 8.42 Å². The normalized spacial score (nSPS) is 12.8. The molecule has 27 heavy (non-hydrogen) atoms. The Labute approximate surface area is 165 Å². The maximum absolute atomic E-state index is 12.6. The molecule has 2 rings (SSSR count). The molecule has 9 heteroatoms. The van der Waals surface area contributed by atoms with Gasteiger partial charge in [-0.3, -0.25) is 0 Å². The fourth-order valence-corrected chi connectivity index (χ4v) is 4.04. The van der Waals surface area contributed by atoms with Gasteiger partial charge in [-0.15, -0.1) is 0 Å². The Bertz CT molecular complexity index is 867. The largest absolute Gasteiger partial charge is 0.490 e. The van der Waals surface area contributed by atoms with Crippen LogP contribution in [0.25, 0.3) is 0 Å².